The summed E-state index contributed by atoms with van der Waals surface area (Å²) >= 11 is 0. The zero-order valence-electron chi connectivity index (χ0n) is 11.7. The van der Waals surface area contributed by atoms with Gasteiger partial charge in [0.1, 0.15) is 11.6 Å². The van der Waals surface area contributed by atoms with E-state index in [9.17, 15) is 14.3 Å². The molecule has 0 aliphatic heterocycles. The van der Waals surface area contributed by atoms with Crippen LogP contribution in [-0.2, 0) is 4.79 Å². The molecule has 1 rings (SSSR count). The van der Waals surface area contributed by atoms with Gasteiger partial charge in [0.25, 0.3) is 5.91 Å². The molecule has 1 aromatic rings. The third-order valence-corrected chi connectivity index (χ3v) is 3.10. The fraction of sp³-hybridized carbons (Fsp3) is 0.500. The van der Waals surface area contributed by atoms with Gasteiger partial charge in [-0.15, -0.1) is 0 Å². The number of amides is 1. The third kappa shape index (κ3) is 3.92. The summed E-state index contributed by atoms with van der Waals surface area (Å²) in [6, 6.07) is 5.48. The highest BCUT2D eigenvalue weighted by atomic mass is 19.1. The van der Waals surface area contributed by atoms with Crippen LogP contribution in [0.4, 0.5) is 4.39 Å². The monoisotopic (exact) mass is 269 g/mol. The van der Waals surface area contributed by atoms with Crippen LogP contribution in [0.3, 0.4) is 0 Å². The van der Waals surface area contributed by atoms with Crippen molar-refractivity contribution in [3.63, 3.8) is 0 Å². The van der Waals surface area contributed by atoms with Gasteiger partial charge < -0.3 is 14.7 Å². The molecule has 1 aromatic carbocycles. The highest BCUT2D eigenvalue weighted by molar-refractivity contribution is 5.81. The van der Waals surface area contributed by atoms with Gasteiger partial charge in [-0.1, -0.05) is 0 Å². The molecular formula is C14H20FNO3. The maximum Gasteiger partial charge on any atom is 0.263 e. The zero-order valence-corrected chi connectivity index (χ0v) is 11.7. The molecule has 19 heavy (non-hydrogen) atoms. The molecule has 0 bridgehead atoms. The molecule has 0 spiro atoms. The average Bonchev–Trinajstić information content (AvgIpc) is 2.39. The summed E-state index contributed by atoms with van der Waals surface area (Å²) in [5.74, 6) is -0.175. The molecular weight excluding hydrogens is 249 g/mol. The van der Waals surface area contributed by atoms with Crippen LogP contribution in [0.15, 0.2) is 24.3 Å². The van der Waals surface area contributed by atoms with E-state index in [0.29, 0.717) is 5.75 Å². The highest BCUT2D eigenvalue weighted by Crippen LogP contribution is 2.17. The first-order valence-corrected chi connectivity index (χ1v) is 6.08. The van der Waals surface area contributed by atoms with E-state index in [1.54, 1.807) is 27.8 Å². The topological polar surface area (TPSA) is 49.8 Å². The van der Waals surface area contributed by atoms with E-state index in [1.165, 1.54) is 29.2 Å². The summed E-state index contributed by atoms with van der Waals surface area (Å²) in [6.07, 6.45) is -0.707. The van der Waals surface area contributed by atoms with Crippen molar-refractivity contribution < 1.29 is 19.0 Å². The smallest absolute Gasteiger partial charge is 0.263 e. The van der Waals surface area contributed by atoms with Crippen molar-refractivity contribution in [2.45, 2.75) is 32.4 Å². The quantitative estimate of drug-likeness (QED) is 0.887. The summed E-state index contributed by atoms with van der Waals surface area (Å²) in [5, 5.41) is 9.24. The Morgan fingerprint density at radius 1 is 1.42 bits per heavy atom. The van der Waals surface area contributed by atoms with Crippen LogP contribution in [0.5, 0.6) is 5.75 Å². The highest BCUT2D eigenvalue weighted by Gasteiger charge is 2.30. The number of nitrogens with zero attached hydrogens (tertiary/aromatic N) is 1. The van der Waals surface area contributed by atoms with Crippen molar-refractivity contribution in [3.05, 3.63) is 30.1 Å². The maximum atomic E-state index is 12.8. The Labute approximate surface area is 112 Å². The molecule has 0 aliphatic carbocycles. The Morgan fingerprint density at radius 2 is 1.95 bits per heavy atom. The number of hydrogen-bond acceptors (Lipinski definition) is 3. The first-order valence-electron chi connectivity index (χ1n) is 6.08. The lowest BCUT2D eigenvalue weighted by Gasteiger charge is -2.35. The predicted molar refractivity (Wildman–Crippen MR) is 70.4 cm³/mol. The minimum atomic E-state index is -0.707. The molecule has 0 saturated heterocycles. The van der Waals surface area contributed by atoms with Gasteiger partial charge in [0.2, 0.25) is 0 Å². The minimum absolute atomic E-state index is 0.140. The molecule has 0 heterocycles. The Morgan fingerprint density at radius 3 is 2.42 bits per heavy atom. The summed E-state index contributed by atoms with van der Waals surface area (Å²) in [7, 11) is 1.61. The predicted octanol–water partition coefficient (Wildman–Crippen LogP) is 1.82. The Balaban J connectivity index is 2.70. The molecule has 0 aliphatic rings. The van der Waals surface area contributed by atoms with E-state index < -0.39 is 11.6 Å². The second-order valence-corrected chi connectivity index (χ2v) is 5.08. The molecule has 0 fully saturated rings. The lowest BCUT2D eigenvalue weighted by Crippen LogP contribution is -2.51. The molecule has 4 nitrogen and oxygen atoms in total. The SMILES string of the molecule is CC(Oc1ccc(F)cc1)C(=O)N(C)C(C)(C)CO. The minimum Gasteiger partial charge on any atom is -0.481 e. The number of aliphatic hydroxyl groups excluding tert-OH is 1. The van der Waals surface area contributed by atoms with Gasteiger partial charge in [0, 0.05) is 7.05 Å². The molecule has 1 unspecified atom stereocenters. The Hall–Kier alpha value is -1.62. The third-order valence-electron chi connectivity index (χ3n) is 3.10. The van der Waals surface area contributed by atoms with E-state index in [0.717, 1.165) is 0 Å². The van der Waals surface area contributed by atoms with Crippen molar-refractivity contribution in [1.29, 1.82) is 0 Å². The van der Waals surface area contributed by atoms with Crippen molar-refractivity contribution in [2.24, 2.45) is 0 Å². The van der Waals surface area contributed by atoms with E-state index in [1.807, 2.05) is 0 Å². The van der Waals surface area contributed by atoms with E-state index in [2.05, 4.69) is 0 Å². The molecule has 106 valence electrons. The Bertz CT molecular complexity index is 431. The van der Waals surface area contributed by atoms with E-state index >= 15 is 0 Å². The second-order valence-electron chi connectivity index (χ2n) is 5.08. The van der Waals surface area contributed by atoms with Crippen LogP contribution in [0.25, 0.3) is 0 Å². The fourth-order valence-corrected chi connectivity index (χ4v) is 1.44. The fourth-order valence-electron chi connectivity index (χ4n) is 1.44. The maximum absolute atomic E-state index is 12.8. The van der Waals surface area contributed by atoms with E-state index in [4.69, 9.17) is 4.74 Å². The number of rotatable bonds is 5. The lowest BCUT2D eigenvalue weighted by molar-refractivity contribution is -0.142. The molecule has 0 saturated carbocycles. The largest absolute Gasteiger partial charge is 0.481 e. The van der Waals surface area contributed by atoms with Gasteiger partial charge in [0.15, 0.2) is 6.10 Å². The van der Waals surface area contributed by atoms with Gasteiger partial charge in [-0.2, -0.15) is 0 Å². The van der Waals surface area contributed by atoms with Crippen molar-refractivity contribution >= 4 is 5.91 Å². The molecule has 1 atom stereocenters. The van der Waals surface area contributed by atoms with Crippen LogP contribution in [-0.4, -0.2) is 41.2 Å². The second kappa shape index (κ2) is 6.02. The van der Waals surface area contributed by atoms with Crippen LogP contribution in [0, 0.1) is 5.82 Å². The molecule has 0 radical (unpaired) electrons. The van der Waals surface area contributed by atoms with Crippen LogP contribution in [0.2, 0.25) is 0 Å². The number of carbonyl (C=O) groups is 1. The average molecular weight is 269 g/mol. The summed E-state index contributed by atoms with van der Waals surface area (Å²) in [4.78, 5) is 13.6. The normalized spacial score (nSPS) is 12.9. The van der Waals surface area contributed by atoms with E-state index in [-0.39, 0.29) is 18.3 Å². The number of aliphatic hydroxyl groups is 1. The van der Waals surface area contributed by atoms with Crippen LogP contribution < -0.4 is 4.74 Å². The molecule has 0 aromatic heterocycles. The number of halogens is 1. The standard InChI is InChI=1S/C14H20FNO3/c1-10(13(18)16(4)14(2,3)9-17)19-12-7-5-11(15)6-8-12/h5-8,10,17H,9H2,1-4H3. The summed E-state index contributed by atoms with van der Waals surface area (Å²) < 4.78 is 18.2. The van der Waals surface area contributed by atoms with Gasteiger partial charge in [-0.3, -0.25) is 4.79 Å². The number of hydrogen-bond donors (Lipinski definition) is 1. The van der Waals surface area contributed by atoms with Crippen molar-refractivity contribution in [2.75, 3.05) is 13.7 Å². The lowest BCUT2D eigenvalue weighted by atomic mass is 10.0. The van der Waals surface area contributed by atoms with Crippen LogP contribution >= 0.6 is 0 Å². The molecule has 1 amide bonds. The number of ether oxygens (including phenoxy) is 1. The first-order chi connectivity index (χ1) is 8.77. The van der Waals surface area contributed by atoms with Gasteiger partial charge in [0.05, 0.1) is 12.1 Å². The zero-order chi connectivity index (χ0) is 14.6. The first kappa shape index (κ1) is 15.4. The molecule has 1 N–H and O–H groups in total. The number of likely N-dealkylation sites (N-methyl/N-ethyl adjacent to an activating group) is 1. The van der Waals surface area contributed by atoms with Crippen molar-refractivity contribution in [3.8, 4) is 5.75 Å². The van der Waals surface area contributed by atoms with Crippen LogP contribution in [0.1, 0.15) is 20.8 Å². The van der Waals surface area contributed by atoms with Crippen molar-refractivity contribution in [1.82, 2.24) is 4.90 Å². The van der Waals surface area contributed by atoms with Gasteiger partial charge >= 0.3 is 0 Å². The molecule has 5 heteroatoms. The Kier molecular flexibility index (Phi) is 4.89. The number of carbonyl (C=O) groups excluding carboxylic acids is 1. The summed E-state index contributed by atoms with van der Waals surface area (Å²) in [6.45, 7) is 5.00. The van der Waals surface area contributed by atoms with Gasteiger partial charge in [-0.25, -0.2) is 4.39 Å². The van der Waals surface area contributed by atoms with Gasteiger partial charge in [-0.05, 0) is 45.0 Å². The number of benzene rings is 1. The summed E-state index contributed by atoms with van der Waals surface area (Å²) in [5.41, 5.74) is -0.655.